The lowest BCUT2D eigenvalue weighted by Crippen LogP contribution is -2.49. The van der Waals surface area contributed by atoms with Gasteiger partial charge in [-0.25, -0.2) is 5.01 Å². The summed E-state index contributed by atoms with van der Waals surface area (Å²) in [5, 5.41) is 11.4. The maximum absolute atomic E-state index is 13.4. The Morgan fingerprint density at radius 1 is 1.28 bits per heavy atom. The predicted octanol–water partition coefficient (Wildman–Crippen LogP) is 3.37. The van der Waals surface area contributed by atoms with Gasteiger partial charge in [0.1, 0.15) is 11.6 Å². The molecule has 4 rings (SSSR count). The average molecular weight is 432 g/mol. The van der Waals surface area contributed by atoms with Gasteiger partial charge in [0.25, 0.3) is 0 Å². The molecule has 0 saturated carbocycles. The van der Waals surface area contributed by atoms with Crippen LogP contribution < -0.4 is 15.9 Å². The highest BCUT2D eigenvalue weighted by atomic mass is 16.5. The SMILES string of the molecule is COc1ccc(C2C(C#N)=C(N)N(NC(=O)c3ccco3)C3=C2C(=O)CC(C)(C)C3)cc1. The minimum atomic E-state index is -0.624. The lowest BCUT2D eigenvalue weighted by Gasteiger charge is -2.43. The molecule has 0 saturated heterocycles. The summed E-state index contributed by atoms with van der Waals surface area (Å²) in [7, 11) is 1.57. The molecule has 0 bridgehead atoms. The number of hydrazine groups is 1. The zero-order chi connectivity index (χ0) is 23.0. The minimum Gasteiger partial charge on any atom is -0.497 e. The van der Waals surface area contributed by atoms with Gasteiger partial charge in [0.05, 0.1) is 36.6 Å². The van der Waals surface area contributed by atoms with Crippen LogP contribution in [0.1, 0.15) is 48.7 Å². The molecule has 0 fully saturated rings. The first-order valence-electron chi connectivity index (χ1n) is 10.2. The number of Topliss-reactive ketones (excluding diaryl/α,β-unsaturated/α-hetero) is 1. The number of nitrogens with zero attached hydrogens (tertiary/aromatic N) is 2. The summed E-state index contributed by atoms with van der Waals surface area (Å²) in [6.45, 7) is 3.98. The number of carbonyl (C=O) groups is 2. The molecular weight excluding hydrogens is 408 g/mol. The number of hydrogen-bond acceptors (Lipinski definition) is 7. The predicted molar refractivity (Wildman–Crippen MR) is 116 cm³/mol. The summed E-state index contributed by atoms with van der Waals surface area (Å²) in [6.07, 6.45) is 2.22. The smallest absolute Gasteiger partial charge is 0.305 e. The summed E-state index contributed by atoms with van der Waals surface area (Å²) in [4.78, 5) is 26.1. The number of ether oxygens (including phenoxy) is 1. The normalized spacial score (nSPS) is 20.0. The van der Waals surface area contributed by atoms with Crippen molar-refractivity contribution in [1.29, 1.82) is 5.26 Å². The van der Waals surface area contributed by atoms with Crippen LogP contribution >= 0.6 is 0 Å². The van der Waals surface area contributed by atoms with E-state index in [2.05, 4.69) is 11.5 Å². The zero-order valence-electron chi connectivity index (χ0n) is 18.1. The second-order valence-electron chi connectivity index (χ2n) is 8.67. The zero-order valence-corrected chi connectivity index (χ0v) is 18.1. The molecule has 1 unspecified atom stereocenters. The van der Waals surface area contributed by atoms with E-state index in [0.29, 0.717) is 29.9 Å². The second kappa shape index (κ2) is 7.93. The molecule has 1 atom stereocenters. The standard InChI is InChI=1S/C24H24N4O4/c1-24(2)11-17-21(18(29)12-24)20(14-6-8-15(31-3)9-7-14)16(13-25)22(26)28(17)27-23(30)19-5-4-10-32-19/h4-10,20H,11-12,26H2,1-3H3,(H,27,30). The molecule has 2 heterocycles. The van der Waals surface area contributed by atoms with E-state index < -0.39 is 11.8 Å². The molecular formula is C24H24N4O4. The summed E-state index contributed by atoms with van der Waals surface area (Å²) in [6, 6.07) is 12.5. The number of allylic oxidation sites excluding steroid dienone is 3. The Balaban J connectivity index is 1.86. The molecule has 1 aliphatic heterocycles. The van der Waals surface area contributed by atoms with Gasteiger partial charge in [-0.2, -0.15) is 5.26 Å². The monoisotopic (exact) mass is 432 g/mol. The number of rotatable bonds is 4. The molecule has 164 valence electrons. The van der Waals surface area contributed by atoms with E-state index in [-0.39, 0.29) is 28.4 Å². The summed E-state index contributed by atoms with van der Waals surface area (Å²) >= 11 is 0. The van der Waals surface area contributed by atoms with Crippen molar-refractivity contribution in [2.45, 2.75) is 32.6 Å². The maximum atomic E-state index is 13.4. The van der Waals surface area contributed by atoms with Crippen LogP contribution in [0.2, 0.25) is 0 Å². The Hall–Kier alpha value is -3.99. The van der Waals surface area contributed by atoms with E-state index in [9.17, 15) is 14.9 Å². The Bertz CT molecular complexity index is 1170. The molecule has 0 radical (unpaired) electrons. The first-order valence-corrected chi connectivity index (χ1v) is 10.2. The van der Waals surface area contributed by atoms with Gasteiger partial charge >= 0.3 is 5.91 Å². The van der Waals surface area contributed by atoms with Crippen molar-refractivity contribution in [2.24, 2.45) is 11.1 Å². The Kier molecular flexibility index (Phi) is 5.26. The Morgan fingerprint density at radius 2 is 2.00 bits per heavy atom. The van der Waals surface area contributed by atoms with E-state index in [1.165, 1.54) is 17.3 Å². The van der Waals surface area contributed by atoms with Crippen LogP contribution in [0.5, 0.6) is 5.75 Å². The van der Waals surface area contributed by atoms with Gasteiger partial charge in [-0.1, -0.05) is 26.0 Å². The third-order valence-electron chi connectivity index (χ3n) is 5.79. The lowest BCUT2D eigenvalue weighted by atomic mass is 9.69. The number of amides is 1. The van der Waals surface area contributed by atoms with Crippen LogP contribution in [0.15, 0.2) is 69.7 Å². The molecule has 8 nitrogen and oxygen atoms in total. The Morgan fingerprint density at radius 3 is 2.59 bits per heavy atom. The highest BCUT2D eigenvalue weighted by molar-refractivity contribution is 6.00. The quantitative estimate of drug-likeness (QED) is 0.759. The van der Waals surface area contributed by atoms with Gasteiger partial charge in [-0.05, 0) is 41.7 Å². The topological polar surface area (TPSA) is 122 Å². The molecule has 3 N–H and O–H groups in total. The van der Waals surface area contributed by atoms with Gasteiger partial charge in [0, 0.05) is 12.0 Å². The van der Waals surface area contributed by atoms with E-state index in [1.807, 2.05) is 26.0 Å². The fourth-order valence-corrected chi connectivity index (χ4v) is 4.33. The van der Waals surface area contributed by atoms with Gasteiger partial charge in [-0.3, -0.25) is 15.0 Å². The van der Waals surface area contributed by atoms with E-state index in [4.69, 9.17) is 14.9 Å². The van der Waals surface area contributed by atoms with Crippen LogP contribution in [0.25, 0.3) is 0 Å². The number of carbonyl (C=O) groups excluding carboxylic acids is 2. The molecule has 8 heteroatoms. The summed E-state index contributed by atoms with van der Waals surface area (Å²) in [5.41, 5.74) is 10.8. The number of furan rings is 1. The van der Waals surface area contributed by atoms with E-state index in [1.54, 1.807) is 25.3 Å². The highest BCUT2D eigenvalue weighted by Gasteiger charge is 2.45. The molecule has 2 aromatic rings. The van der Waals surface area contributed by atoms with Crippen LogP contribution in [0.3, 0.4) is 0 Å². The number of benzene rings is 1. The molecule has 0 spiro atoms. The van der Waals surface area contributed by atoms with Crippen molar-refractivity contribution in [3.8, 4) is 11.8 Å². The van der Waals surface area contributed by atoms with Crippen LogP contribution in [0.4, 0.5) is 0 Å². The molecule has 32 heavy (non-hydrogen) atoms. The van der Waals surface area contributed by atoms with Crippen molar-refractivity contribution in [3.63, 3.8) is 0 Å². The number of nitrogens with two attached hydrogens (primary N) is 1. The fourth-order valence-electron chi connectivity index (χ4n) is 4.33. The van der Waals surface area contributed by atoms with Crippen molar-refractivity contribution < 1.29 is 18.7 Å². The van der Waals surface area contributed by atoms with Crippen molar-refractivity contribution in [2.75, 3.05) is 7.11 Å². The van der Waals surface area contributed by atoms with Crippen LogP contribution in [-0.4, -0.2) is 23.8 Å². The van der Waals surface area contributed by atoms with Gasteiger partial charge < -0.3 is 14.9 Å². The molecule has 1 aliphatic carbocycles. The fraction of sp³-hybridized carbons (Fsp3) is 0.292. The lowest BCUT2D eigenvalue weighted by molar-refractivity contribution is -0.118. The molecule has 1 aromatic carbocycles. The Labute approximate surface area is 185 Å². The first kappa shape index (κ1) is 21.2. The van der Waals surface area contributed by atoms with Gasteiger partial charge in [-0.15, -0.1) is 0 Å². The van der Waals surface area contributed by atoms with Crippen molar-refractivity contribution in [1.82, 2.24) is 10.4 Å². The van der Waals surface area contributed by atoms with Gasteiger partial charge in [0.15, 0.2) is 11.5 Å². The average Bonchev–Trinajstić information content (AvgIpc) is 3.30. The number of hydrogen-bond donors (Lipinski definition) is 2. The summed E-state index contributed by atoms with van der Waals surface area (Å²) < 4.78 is 10.4. The molecule has 1 aromatic heterocycles. The maximum Gasteiger partial charge on any atom is 0.305 e. The minimum absolute atomic E-state index is 0.0745. The van der Waals surface area contributed by atoms with Crippen molar-refractivity contribution >= 4 is 11.7 Å². The van der Waals surface area contributed by atoms with Crippen LogP contribution in [0, 0.1) is 16.7 Å². The third kappa shape index (κ3) is 3.62. The number of nitriles is 1. The highest BCUT2D eigenvalue weighted by Crippen LogP contribution is 2.48. The van der Waals surface area contributed by atoms with Crippen molar-refractivity contribution in [3.05, 3.63) is 76.6 Å². The third-order valence-corrected chi connectivity index (χ3v) is 5.79. The number of methoxy groups -OCH3 is 1. The second-order valence-corrected chi connectivity index (χ2v) is 8.67. The summed E-state index contributed by atoms with van der Waals surface area (Å²) in [5.74, 6) is -0.385. The number of ketones is 1. The van der Waals surface area contributed by atoms with E-state index >= 15 is 0 Å². The largest absolute Gasteiger partial charge is 0.497 e. The van der Waals surface area contributed by atoms with Gasteiger partial charge in [0.2, 0.25) is 0 Å². The first-order chi connectivity index (χ1) is 15.3. The molecule has 2 aliphatic rings. The molecule has 1 amide bonds. The number of nitrogens with one attached hydrogen (secondary N) is 1. The van der Waals surface area contributed by atoms with Crippen LogP contribution in [-0.2, 0) is 4.79 Å². The van der Waals surface area contributed by atoms with E-state index in [0.717, 1.165) is 5.56 Å².